The van der Waals surface area contributed by atoms with Gasteiger partial charge in [0, 0.05) is 57.6 Å². The summed E-state index contributed by atoms with van der Waals surface area (Å²) in [5.41, 5.74) is 10.4. The monoisotopic (exact) mass is 566 g/mol. The predicted octanol–water partition coefficient (Wildman–Crippen LogP) is 10.8. The molecule has 4 nitrogen and oxygen atoms in total. The summed E-state index contributed by atoms with van der Waals surface area (Å²) in [5.74, 6) is 0. The highest BCUT2D eigenvalue weighted by Crippen LogP contribution is 2.40. The predicted molar refractivity (Wildman–Crippen MR) is 182 cm³/mol. The van der Waals surface area contributed by atoms with Gasteiger partial charge in [0.1, 0.15) is 0 Å². The summed E-state index contributed by atoms with van der Waals surface area (Å²) >= 11 is 0. The average Bonchev–Trinajstić information content (AvgIpc) is 3.11. The van der Waals surface area contributed by atoms with Gasteiger partial charge in [-0.25, -0.2) is 0 Å². The number of rotatable bonds is 8. The van der Waals surface area contributed by atoms with Gasteiger partial charge in [-0.15, -0.1) is 0 Å². The van der Waals surface area contributed by atoms with Crippen LogP contribution in [0.4, 0.5) is 34.1 Å². The molecule has 0 N–H and O–H groups in total. The quantitative estimate of drug-likeness (QED) is 0.183. The van der Waals surface area contributed by atoms with E-state index >= 15 is 0 Å². The molecule has 0 amide bonds. The zero-order valence-electron chi connectivity index (χ0n) is 24.1. The molecular weight excluding hydrogens is 536 g/mol. The van der Waals surface area contributed by atoms with Crippen molar-refractivity contribution in [1.82, 2.24) is 9.97 Å². The van der Waals surface area contributed by atoms with E-state index in [1.165, 1.54) is 0 Å². The van der Waals surface area contributed by atoms with E-state index in [4.69, 9.17) is 0 Å². The Bertz CT molecular complexity index is 1820. The van der Waals surface area contributed by atoms with Gasteiger partial charge in [-0.05, 0) is 97.1 Å². The Morgan fingerprint density at radius 1 is 0.295 bits per heavy atom. The first kappa shape index (κ1) is 26.9. The Kier molecular flexibility index (Phi) is 7.62. The van der Waals surface area contributed by atoms with Crippen LogP contribution in [0.2, 0.25) is 0 Å². The molecule has 0 atom stereocenters. The summed E-state index contributed by atoms with van der Waals surface area (Å²) in [5, 5.41) is 0. The van der Waals surface area contributed by atoms with Crippen molar-refractivity contribution >= 4 is 34.1 Å². The molecule has 4 heteroatoms. The first-order valence-electron chi connectivity index (χ1n) is 14.7. The summed E-state index contributed by atoms with van der Waals surface area (Å²) in [6.45, 7) is 0. The Labute approximate surface area is 258 Å². The van der Waals surface area contributed by atoms with Crippen LogP contribution in [0.1, 0.15) is 0 Å². The summed E-state index contributed by atoms with van der Waals surface area (Å²) in [6, 6.07) is 58.8. The van der Waals surface area contributed by atoms with Crippen LogP contribution in [0.15, 0.2) is 182 Å². The molecule has 0 unspecified atom stereocenters. The van der Waals surface area contributed by atoms with Gasteiger partial charge >= 0.3 is 0 Å². The Hall–Kier alpha value is -6.00. The van der Waals surface area contributed by atoms with Crippen LogP contribution in [0.3, 0.4) is 0 Å². The summed E-state index contributed by atoms with van der Waals surface area (Å²) in [4.78, 5) is 13.8. The molecule has 2 aromatic heterocycles. The van der Waals surface area contributed by atoms with Crippen LogP contribution in [-0.2, 0) is 0 Å². The first-order valence-corrected chi connectivity index (χ1v) is 14.7. The molecule has 0 spiro atoms. The van der Waals surface area contributed by atoms with Crippen LogP contribution >= 0.6 is 0 Å². The van der Waals surface area contributed by atoms with Crippen molar-refractivity contribution in [2.45, 2.75) is 0 Å². The number of hydrogen-bond acceptors (Lipinski definition) is 4. The second-order valence-electron chi connectivity index (χ2n) is 10.4. The average molecular weight is 567 g/mol. The number of anilines is 6. The van der Waals surface area contributed by atoms with Gasteiger partial charge in [-0.3, -0.25) is 9.97 Å². The van der Waals surface area contributed by atoms with Gasteiger partial charge in [0.15, 0.2) is 0 Å². The van der Waals surface area contributed by atoms with Gasteiger partial charge < -0.3 is 9.80 Å². The van der Waals surface area contributed by atoms with E-state index in [2.05, 4.69) is 141 Å². The van der Waals surface area contributed by atoms with Crippen molar-refractivity contribution in [1.29, 1.82) is 0 Å². The fourth-order valence-corrected chi connectivity index (χ4v) is 5.48. The fourth-order valence-electron chi connectivity index (χ4n) is 5.48. The zero-order chi connectivity index (χ0) is 29.6. The number of benzene rings is 5. The Morgan fingerprint density at radius 3 is 1.07 bits per heavy atom. The smallest absolute Gasteiger partial charge is 0.0702 e. The van der Waals surface area contributed by atoms with Crippen LogP contribution in [0, 0.1) is 0 Å². The van der Waals surface area contributed by atoms with E-state index in [1.54, 1.807) is 0 Å². The van der Waals surface area contributed by atoms with Crippen molar-refractivity contribution in [2.75, 3.05) is 9.80 Å². The third-order valence-corrected chi connectivity index (χ3v) is 7.52. The van der Waals surface area contributed by atoms with E-state index < -0.39 is 0 Å². The normalized spacial score (nSPS) is 10.7. The Balaban J connectivity index is 1.34. The topological polar surface area (TPSA) is 32.3 Å². The molecule has 0 bridgehead atoms. The second kappa shape index (κ2) is 12.5. The van der Waals surface area contributed by atoms with Crippen LogP contribution in [-0.4, -0.2) is 9.97 Å². The maximum Gasteiger partial charge on any atom is 0.0702 e. The molecule has 0 aliphatic carbocycles. The zero-order valence-corrected chi connectivity index (χ0v) is 24.1. The maximum atomic E-state index is 4.60. The van der Waals surface area contributed by atoms with Gasteiger partial charge in [-0.1, -0.05) is 72.8 Å². The third kappa shape index (κ3) is 5.69. The minimum atomic E-state index is 0.938. The molecule has 210 valence electrons. The van der Waals surface area contributed by atoms with E-state index in [9.17, 15) is 0 Å². The molecule has 0 saturated heterocycles. The molecule has 44 heavy (non-hydrogen) atoms. The molecule has 7 aromatic rings. The van der Waals surface area contributed by atoms with Gasteiger partial charge in [0.2, 0.25) is 0 Å². The minimum Gasteiger partial charge on any atom is -0.311 e. The highest BCUT2D eigenvalue weighted by molar-refractivity contribution is 5.83. The molecule has 0 saturated carbocycles. The number of aromatic nitrogens is 2. The molecule has 0 fully saturated rings. The van der Waals surface area contributed by atoms with Crippen molar-refractivity contribution in [2.24, 2.45) is 0 Å². The molecule has 0 radical (unpaired) electrons. The van der Waals surface area contributed by atoms with E-state index in [0.717, 1.165) is 56.6 Å². The summed E-state index contributed by atoms with van der Waals surface area (Å²) in [7, 11) is 0. The van der Waals surface area contributed by atoms with E-state index in [-0.39, 0.29) is 0 Å². The fraction of sp³-hybridized carbons (Fsp3) is 0. The van der Waals surface area contributed by atoms with Crippen molar-refractivity contribution in [3.63, 3.8) is 0 Å². The molecule has 0 aliphatic heterocycles. The minimum absolute atomic E-state index is 0.938. The number of para-hydroxylation sites is 2. The van der Waals surface area contributed by atoms with Crippen molar-refractivity contribution < 1.29 is 0 Å². The third-order valence-electron chi connectivity index (χ3n) is 7.52. The summed E-state index contributed by atoms with van der Waals surface area (Å²) < 4.78 is 0. The SMILES string of the molecule is c1ccc(N(c2ccccc2)c2ccc(N(c3cccc(-c4ccccn4)c3)c3cccc(-c4ccccn4)c3)cc2)cc1. The maximum absolute atomic E-state index is 4.60. The lowest BCUT2D eigenvalue weighted by atomic mass is 10.1. The van der Waals surface area contributed by atoms with E-state index in [1.807, 2.05) is 60.9 Å². The molecule has 7 rings (SSSR count). The highest BCUT2D eigenvalue weighted by Gasteiger charge is 2.17. The lowest BCUT2D eigenvalue weighted by Crippen LogP contribution is -2.12. The van der Waals surface area contributed by atoms with Crippen LogP contribution in [0.25, 0.3) is 22.5 Å². The van der Waals surface area contributed by atoms with Crippen molar-refractivity contribution in [3.05, 3.63) is 182 Å². The number of hydrogen-bond donors (Lipinski definition) is 0. The molecule has 0 aliphatic rings. The van der Waals surface area contributed by atoms with E-state index in [0.29, 0.717) is 0 Å². The standard InChI is InChI=1S/C40H30N4/c1-3-15-33(16-4-1)43(34-17-5-2-6-18-34)35-23-25-36(26-24-35)44(37-19-11-13-31(29-37)39-21-7-9-27-41-39)38-20-12-14-32(30-38)40-22-8-10-28-42-40/h1-30H. The summed E-state index contributed by atoms with van der Waals surface area (Å²) in [6.07, 6.45) is 3.67. The van der Waals surface area contributed by atoms with Gasteiger partial charge in [-0.2, -0.15) is 0 Å². The molecular formula is C40H30N4. The highest BCUT2D eigenvalue weighted by atomic mass is 15.2. The number of pyridine rings is 2. The van der Waals surface area contributed by atoms with Gasteiger partial charge in [0.05, 0.1) is 11.4 Å². The lowest BCUT2D eigenvalue weighted by molar-refractivity contribution is 1.25. The first-order chi connectivity index (χ1) is 21.8. The van der Waals surface area contributed by atoms with Gasteiger partial charge in [0.25, 0.3) is 0 Å². The number of nitrogens with zero attached hydrogens (tertiary/aromatic N) is 4. The van der Waals surface area contributed by atoms with Crippen molar-refractivity contribution in [3.8, 4) is 22.5 Å². The Morgan fingerprint density at radius 2 is 0.659 bits per heavy atom. The largest absolute Gasteiger partial charge is 0.311 e. The molecule has 2 heterocycles. The molecule has 5 aromatic carbocycles. The van der Waals surface area contributed by atoms with Crippen LogP contribution < -0.4 is 9.80 Å². The second-order valence-corrected chi connectivity index (χ2v) is 10.4. The lowest BCUT2D eigenvalue weighted by Gasteiger charge is -2.28. The van der Waals surface area contributed by atoms with Crippen LogP contribution in [0.5, 0.6) is 0 Å².